The summed E-state index contributed by atoms with van der Waals surface area (Å²) in [6.07, 6.45) is 1.45. The SMILES string of the molecule is C=CCNS(=O)(=O)c1ccc(C(=O)Nc2cc(C)nc3c(OC)cccc23)cc1. The number of hydrogen-bond acceptors (Lipinski definition) is 5. The normalized spacial score (nSPS) is 11.2. The molecule has 8 heteroatoms. The van der Waals surface area contributed by atoms with Crippen LogP contribution in [0.25, 0.3) is 10.9 Å². The molecule has 0 bridgehead atoms. The maximum atomic E-state index is 12.7. The number of para-hydroxylation sites is 1. The summed E-state index contributed by atoms with van der Waals surface area (Å²) in [6.45, 7) is 5.44. The third-order valence-electron chi connectivity index (χ3n) is 4.24. The number of fused-ring (bicyclic) bond motifs is 1. The molecule has 0 aliphatic heterocycles. The van der Waals surface area contributed by atoms with Crippen molar-refractivity contribution in [2.24, 2.45) is 0 Å². The monoisotopic (exact) mass is 411 g/mol. The van der Waals surface area contributed by atoms with Gasteiger partial charge in [-0.05, 0) is 43.3 Å². The number of methoxy groups -OCH3 is 1. The van der Waals surface area contributed by atoms with Gasteiger partial charge in [-0.15, -0.1) is 6.58 Å². The molecule has 2 N–H and O–H groups in total. The predicted molar refractivity (Wildman–Crippen MR) is 113 cm³/mol. The molecule has 0 unspecified atom stereocenters. The van der Waals surface area contributed by atoms with E-state index in [0.29, 0.717) is 22.5 Å². The minimum Gasteiger partial charge on any atom is -0.494 e. The lowest BCUT2D eigenvalue weighted by Gasteiger charge is -2.12. The number of aromatic nitrogens is 1. The standard InChI is InChI=1S/C21H21N3O4S/c1-4-12-22-29(26,27)16-10-8-15(9-11-16)21(25)24-18-13-14(2)23-20-17(18)6-5-7-19(20)28-3/h4-11,13,22H,1,12H2,2-3H3,(H,23,24,25). The molecule has 0 saturated heterocycles. The molecule has 2 aromatic carbocycles. The van der Waals surface area contributed by atoms with Crippen molar-refractivity contribution in [3.63, 3.8) is 0 Å². The van der Waals surface area contributed by atoms with Gasteiger partial charge in [-0.25, -0.2) is 18.1 Å². The van der Waals surface area contributed by atoms with Crippen molar-refractivity contribution in [3.8, 4) is 5.75 Å². The molecule has 0 saturated carbocycles. The van der Waals surface area contributed by atoms with Crippen LogP contribution < -0.4 is 14.8 Å². The third-order valence-corrected chi connectivity index (χ3v) is 5.68. The minimum atomic E-state index is -3.64. The molecule has 29 heavy (non-hydrogen) atoms. The van der Waals surface area contributed by atoms with Crippen molar-refractivity contribution in [2.75, 3.05) is 19.0 Å². The van der Waals surface area contributed by atoms with Gasteiger partial charge in [0, 0.05) is 23.2 Å². The first-order chi connectivity index (χ1) is 13.9. The van der Waals surface area contributed by atoms with Crippen molar-refractivity contribution in [1.29, 1.82) is 0 Å². The molecular weight excluding hydrogens is 390 g/mol. The van der Waals surface area contributed by atoms with Crippen LogP contribution in [0.5, 0.6) is 5.75 Å². The van der Waals surface area contributed by atoms with Gasteiger partial charge < -0.3 is 10.1 Å². The van der Waals surface area contributed by atoms with E-state index in [4.69, 9.17) is 4.74 Å². The average Bonchev–Trinajstić information content (AvgIpc) is 2.72. The lowest BCUT2D eigenvalue weighted by atomic mass is 10.1. The fraction of sp³-hybridized carbons (Fsp3) is 0.143. The molecule has 150 valence electrons. The lowest BCUT2D eigenvalue weighted by molar-refractivity contribution is 0.102. The Morgan fingerprint density at radius 2 is 1.93 bits per heavy atom. The van der Waals surface area contributed by atoms with Crippen molar-refractivity contribution in [2.45, 2.75) is 11.8 Å². The van der Waals surface area contributed by atoms with Gasteiger partial charge in [-0.2, -0.15) is 0 Å². The molecular formula is C21H21N3O4S. The molecule has 3 aromatic rings. The van der Waals surface area contributed by atoms with E-state index in [0.717, 1.165) is 11.1 Å². The van der Waals surface area contributed by atoms with E-state index in [1.54, 1.807) is 19.2 Å². The van der Waals surface area contributed by atoms with E-state index in [9.17, 15) is 13.2 Å². The van der Waals surface area contributed by atoms with Crippen molar-refractivity contribution in [1.82, 2.24) is 9.71 Å². The fourth-order valence-corrected chi connectivity index (χ4v) is 3.85. The molecule has 0 aliphatic rings. The molecule has 0 atom stereocenters. The molecule has 0 fully saturated rings. The van der Waals surface area contributed by atoms with E-state index in [1.807, 2.05) is 19.1 Å². The van der Waals surface area contributed by atoms with Crippen molar-refractivity contribution in [3.05, 3.63) is 72.4 Å². The van der Waals surface area contributed by atoms with Gasteiger partial charge in [0.05, 0.1) is 17.7 Å². The highest BCUT2D eigenvalue weighted by molar-refractivity contribution is 7.89. The van der Waals surface area contributed by atoms with E-state index in [2.05, 4.69) is 21.6 Å². The number of rotatable bonds is 7. The third kappa shape index (κ3) is 4.44. The molecule has 7 nitrogen and oxygen atoms in total. The second-order valence-corrected chi connectivity index (χ2v) is 8.05. The number of aryl methyl sites for hydroxylation is 1. The molecule has 1 aromatic heterocycles. The van der Waals surface area contributed by atoms with Gasteiger partial charge in [0.1, 0.15) is 11.3 Å². The number of carbonyl (C=O) groups excluding carboxylic acids is 1. The van der Waals surface area contributed by atoms with Crippen LogP contribution in [0, 0.1) is 6.92 Å². The number of nitrogens with one attached hydrogen (secondary N) is 2. The van der Waals surface area contributed by atoms with Gasteiger partial charge in [0.25, 0.3) is 5.91 Å². The van der Waals surface area contributed by atoms with Gasteiger partial charge in [-0.1, -0.05) is 18.2 Å². The molecule has 1 heterocycles. The number of amides is 1. The van der Waals surface area contributed by atoms with Gasteiger partial charge in [-0.3, -0.25) is 4.79 Å². The smallest absolute Gasteiger partial charge is 0.255 e. The van der Waals surface area contributed by atoms with Gasteiger partial charge >= 0.3 is 0 Å². The van der Waals surface area contributed by atoms with Crippen LogP contribution in [-0.2, 0) is 10.0 Å². The fourth-order valence-electron chi connectivity index (χ4n) is 2.85. The van der Waals surface area contributed by atoms with Crippen molar-refractivity contribution < 1.29 is 17.9 Å². The Morgan fingerprint density at radius 1 is 1.21 bits per heavy atom. The second-order valence-electron chi connectivity index (χ2n) is 6.29. The Kier molecular flexibility index (Phi) is 5.95. The van der Waals surface area contributed by atoms with Crippen molar-refractivity contribution >= 4 is 32.5 Å². The Balaban J connectivity index is 1.88. The number of benzene rings is 2. The van der Waals surface area contributed by atoms with E-state index in [-0.39, 0.29) is 17.3 Å². The first kappa shape index (κ1) is 20.5. The topological polar surface area (TPSA) is 97.4 Å². The Hall–Kier alpha value is -3.23. The van der Waals surface area contributed by atoms with Crippen LogP contribution in [0.15, 0.2) is 66.1 Å². The molecule has 0 spiro atoms. The predicted octanol–water partition coefficient (Wildman–Crippen LogP) is 3.27. The number of pyridine rings is 1. The number of hydrogen-bond donors (Lipinski definition) is 2. The zero-order valence-electron chi connectivity index (χ0n) is 16.1. The van der Waals surface area contributed by atoms with Crippen LogP contribution >= 0.6 is 0 Å². The summed E-state index contributed by atoms with van der Waals surface area (Å²) < 4.78 is 32.0. The number of sulfonamides is 1. The van der Waals surface area contributed by atoms with Crippen LogP contribution in [0.4, 0.5) is 5.69 Å². The maximum Gasteiger partial charge on any atom is 0.255 e. The van der Waals surface area contributed by atoms with Crippen LogP contribution in [-0.4, -0.2) is 33.0 Å². The lowest BCUT2D eigenvalue weighted by Crippen LogP contribution is -2.23. The van der Waals surface area contributed by atoms with E-state index >= 15 is 0 Å². The van der Waals surface area contributed by atoms with E-state index < -0.39 is 10.0 Å². The Bertz CT molecular complexity index is 1170. The zero-order valence-corrected chi connectivity index (χ0v) is 16.9. The first-order valence-corrected chi connectivity index (χ1v) is 10.3. The largest absolute Gasteiger partial charge is 0.494 e. The summed E-state index contributed by atoms with van der Waals surface area (Å²) in [7, 11) is -2.07. The minimum absolute atomic E-state index is 0.0749. The maximum absolute atomic E-state index is 12.7. The Labute approximate surface area is 169 Å². The summed E-state index contributed by atoms with van der Waals surface area (Å²) in [4.78, 5) is 17.3. The summed E-state index contributed by atoms with van der Waals surface area (Å²) in [6, 6.07) is 13.0. The highest BCUT2D eigenvalue weighted by Gasteiger charge is 2.15. The summed E-state index contributed by atoms with van der Waals surface area (Å²) in [5, 5.41) is 3.62. The molecule has 3 rings (SSSR count). The van der Waals surface area contributed by atoms with Gasteiger partial charge in [0.15, 0.2) is 0 Å². The average molecular weight is 411 g/mol. The summed E-state index contributed by atoms with van der Waals surface area (Å²) in [5.41, 5.74) is 2.31. The number of nitrogens with zero attached hydrogens (tertiary/aromatic N) is 1. The number of anilines is 1. The number of ether oxygens (including phenoxy) is 1. The summed E-state index contributed by atoms with van der Waals surface area (Å²) in [5.74, 6) is 0.256. The van der Waals surface area contributed by atoms with Gasteiger partial charge in [0.2, 0.25) is 10.0 Å². The van der Waals surface area contributed by atoms with Crippen LogP contribution in [0.3, 0.4) is 0 Å². The highest BCUT2D eigenvalue weighted by atomic mass is 32.2. The molecule has 0 radical (unpaired) electrons. The summed E-state index contributed by atoms with van der Waals surface area (Å²) >= 11 is 0. The Morgan fingerprint density at radius 3 is 2.59 bits per heavy atom. The number of carbonyl (C=O) groups is 1. The molecule has 1 amide bonds. The second kappa shape index (κ2) is 8.42. The highest BCUT2D eigenvalue weighted by Crippen LogP contribution is 2.30. The molecule has 0 aliphatic carbocycles. The van der Waals surface area contributed by atoms with Crippen LogP contribution in [0.1, 0.15) is 16.1 Å². The zero-order chi connectivity index (χ0) is 21.0. The van der Waals surface area contributed by atoms with E-state index in [1.165, 1.54) is 30.3 Å². The first-order valence-electron chi connectivity index (χ1n) is 8.82. The van der Waals surface area contributed by atoms with Crippen LogP contribution in [0.2, 0.25) is 0 Å². The quantitative estimate of drug-likeness (QED) is 0.582.